The summed E-state index contributed by atoms with van der Waals surface area (Å²) in [5.74, 6) is -3.64. The Labute approximate surface area is 146 Å². The van der Waals surface area contributed by atoms with Crippen molar-refractivity contribution in [1.29, 1.82) is 0 Å². The molecule has 0 aliphatic rings. The van der Waals surface area contributed by atoms with Gasteiger partial charge >= 0.3 is 11.9 Å². The zero-order valence-electron chi connectivity index (χ0n) is 13.8. The van der Waals surface area contributed by atoms with E-state index < -0.39 is 11.9 Å². The van der Waals surface area contributed by atoms with E-state index in [0.29, 0.717) is 17.1 Å². The fraction of sp³-hybridized carbons (Fsp3) is 0.438. The van der Waals surface area contributed by atoms with Crippen molar-refractivity contribution in [3.63, 3.8) is 0 Å². The Morgan fingerprint density at radius 3 is 2.21 bits per heavy atom. The monoisotopic (exact) mass is 358 g/mol. The maximum Gasteiger partial charge on any atom is 0.414 e. The lowest BCUT2D eigenvalue weighted by atomic mass is 10.3. The molecule has 3 N–H and O–H groups in total. The number of unbranched alkanes of at least 4 members (excludes halogenated alkanes) is 1. The van der Waals surface area contributed by atoms with Gasteiger partial charge < -0.3 is 20.4 Å². The molecule has 24 heavy (non-hydrogen) atoms. The Morgan fingerprint density at radius 2 is 1.71 bits per heavy atom. The summed E-state index contributed by atoms with van der Waals surface area (Å²) in [7, 11) is 2.04. The van der Waals surface area contributed by atoms with E-state index in [2.05, 4.69) is 17.1 Å². The van der Waals surface area contributed by atoms with Crippen LogP contribution in [-0.2, 0) is 14.4 Å². The number of aliphatic carboxylic acids is 2. The first-order valence-corrected chi connectivity index (χ1v) is 7.84. The van der Waals surface area contributed by atoms with Gasteiger partial charge in [0.05, 0.1) is 10.7 Å². The molecule has 0 spiro atoms. The fourth-order valence-corrected chi connectivity index (χ4v) is 1.79. The van der Waals surface area contributed by atoms with Gasteiger partial charge in [0.1, 0.15) is 0 Å². The van der Waals surface area contributed by atoms with Gasteiger partial charge in [-0.05, 0) is 32.1 Å². The summed E-state index contributed by atoms with van der Waals surface area (Å²) in [5.41, 5.74) is 0.681. The molecule has 0 fully saturated rings. The van der Waals surface area contributed by atoms with E-state index >= 15 is 0 Å². The van der Waals surface area contributed by atoms with Crippen LogP contribution in [0.2, 0.25) is 5.02 Å². The second-order valence-corrected chi connectivity index (χ2v) is 5.45. The van der Waals surface area contributed by atoms with E-state index in [4.69, 9.17) is 31.4 Å². The molecule has 7 nitrogen and oxygen atoms in total. The Balaban J connectivity index is 0.000000754. The second-order valence-electron chi connectivity index (χ2n) is 5.05. The normalized spacial score (nSPS) is 9.83. The van der Waals surface area contributed by atoms with Gasteiger partial charge in [0.2, 0.25) is 5.91 Å². The number of carbonyl (C=O) groups excluding carboxylic acids is 1. The number of para-hydroxylation sites is 1. The number of carboxylic acid groups (broad SMARTS) is 2. The van der Waals surface area contributed by atoms with Crippen LogP contribution in [0.4, 0.5) is 5.69 Å². The lowest BCUT2D eigenvalue weighted by Crippen LogP contribution is -2.25. The van der Waals surface area contributed by atoms with E-state index in [1.54, 1.807) is 12.1 Å². The van der Waals surface area contributed by atoms with Crippen LogP contribution < -0.4 is 5.32 Å². The summed E-state index contributed by atoms with van der Waals surface area (Å²) >= 11 is 5.97. The predicted molar refractivity (Wildman–Crippen MR) is 92.4 cm³/mol. The third-order valence-electron chi connectivity index (χ3n) is 2.94. The zero-order valence-corrected chi connectivity index (χ0v) is 14.5. The van der Waals surface area contributed by atoms with Gasteiger partial charge in [-0.2, -0.15) is 0 Å². The number of carbonyl (C=O) groups is 3. The van der Waals surface area contributed by atoms with E-state index in [1.807, 2.05) is 19.2 Å². The van der Waals surface area contributed by atoms with Crippen LogP contribution in [0.25, 0.3) is 0 Å². The van der Waals surface area contributed by atoms with Crippen LogP contribution in [0.1, 0.15) is 26.2 Å². The quantitative estimate of drug-likeness (QED) is 0.646. The van der Waals surface area contributed by atoms with Crippen molar-refractivity contribution in [2.24, 2.45) is 0 Å². The van der Waals surface area contributed by atoms with Crippen molar-refractivity contribution in [3.05, 3.63) is 29.3 Å². The average Bonchev–Trinajstić information content (AvgIpc) is 2.53. The highest BCUT2D eigenvalue weighted by Gasteiger charge is 2.06. The number of anilines is 1. The molecule has 0 atom stereocenters. The van der Waals surface area contributed by atoms with Crippen LogP contribution >= 0.6 is 11.6 Å². The molecule has 1 amide bonds. The molecule has 0 radical (unpaired) electrons. The van der Waals surface area contributed by atoms with Gasteiger partial charge in [-0.15, -0.1) is 0 Å². The molecule has 0 unspecified atom stereocenters. The number of nitrogens with zero attached hydrogens (tertiary/aromatic N) is 1. The molecule has 134 valence electrons. The first kappa shape index (κ1) is 21.9. The molecule has 0 aliphatic carbocycles. The van der Waals surface area contributed by atoms with Crippen molar-refractivity contribution in [2.75, 3.05) is 25.5 Å². The summed E-state index contributed by atoms with van der Waals surface area (Å²) in [6.07, 6.45) is 2.84. The number of carboxylic acids is 2. The van der Waals surface area contributed by atoms with Gasteiger partial charge in [0, 0.05) is 13.0 Å². The molecule has 0 aromatic heterocycles. The lowest BCUT2D eigenvalue weighted by Gasteiger charge is -2.15. The molecule has 0 bridgehead atoms. The zero-order chi connectivity index (χ0) is 18.5. The topological polar surface area (TPSA) is 107 Å². The van der Waals surface area contributed by atoms with E-state index in [-0.39, 0.29) is 5.91 Å². The standard InChI is InChI=1S/C14H21ClN2O.C2H2O4/c1-3-4-10-17(2)11-9-14(18)16-13-8-6-5-7-12(13)15;3-1(4)2(5)6/h5-8H,3-4,9-11H2,1-2H3,(H,16,18);(H,3,4)(H,5,6). The Hall–Kier alpha value is -2.12. The number of amides is 1. The average molecular weight is 359 g/mol. The van der Waals surface area contributed by atoms with Gasteiger partial charge in [-0.3, -0.25) is 4.79 Å². The number of hydrogen-bond donors (Lipinski definition) is 3. The highest BCUT2D eigenvalue weighted by Crippen LogP contribution is 2.20. The third kappa shape index (κ3) is 10.6. The predicted octanol–water partition coefficient (Wildman–Crippen LogP) is 2.56. The minimum Gasteiger partial charge on any atom is -0.473 e. The highest BCUT2D eigenvalue weighted by atomic mass is 35.5. The minimum absolute atomic E-state index is 0.00597. The second kappa shape index (κ2) is 12.3. The molecular weight excluding hydrogens is 336 g/mol. The van der Waals surface area contributed by atoms with E-state index in [9.17, 15) is 4.79 Å². The van der Waals surface area contributed by atoms with Crippen LogP contribution in [0, 0.1) is 0 Å². The van der Waals surface area contributed by atoms with Gasteiger partial charge in [0.15, 0.2) is 0 Å². The van der Waals surface area contributed by atoms with E-state index in [0.717, 1.165) is 13.1 Å². The van der Waals surface area contributed by atoms with Crippen molar-refractivity contribution in [1.82, 2.24) is 4.90 Å². The number of halogens is 1. The summed E-state index contributed by atoms with van der Waals surface area (Å²) in [4.78, 5) is 32.1. The van der Waals surface area contributed by atoms with Gasteiger partial charge in [-0.1, -0.05) is 37.1 Å². The Bertz CT molecular complexity index is 539. The summed E-state index contributed by atoms with van der Waals surface area (Å²) < 4.78 is 0. The number of benzene rings is 1. The third-order valence-corrected chi connectivity index (χ3v) is 3.27. The minimum atomic E-state index is -1.82. The van der Waals surface area contributed by atoms with Crippen molar-refractivity contribution in [3.8, 4) is 0 Å². The first-order valence-electron chi connectivity index (χ1n) is 7.47. The molecule has 0 saturated heterocycles. The summed E-state index contributed by atoms with van der Waals surface area (Å²) in [6.45, 7) is 3.98. The highest BCUT2D eigenvalue weighted by molar-refractivity contribution is 6.33. The molecule has 8 heteroatoms. The van der Waals surface area contributed by atoms with Crippen LogP contribution in [0.15, 0.2) is 24.3 Å². The van der Waals surface area contributed by atoms with E-state index in [1.165, 1.54) is 12.8 Å². The number of rotatable bonds is 7. The lowest BCUT2D eigenvalue weighted by molar-refractivity contribution is -0.159. The largest absolute Gasteiger partial charge is 0.473 e. The van der Waals surface area contributed by atoms with Crippen LogP contribution in [0.5, 0.6) is 0 Å². The first-order chi connectivity index (χ1) is 11.3. The smallest absolute Gasteiger partial charge is 0.414 e. The maximum absolute atomic E-state index is 11.7. The Morgan fingerprint density at radius 1 is 1.12 bits per heavy atom. The van der Waals surface area contributed by atoms with Gasteiger partial charge in [0.25, 0.3) is 0 Å². The van der Waals surface area contributed by atoms with Gasteiger partial charge in [-0.25, -0.2) is 9.59 Å². The maximum atomic E-state index is 11.7. The molecule has 0 heterocycles. The molecule has 1 aromatic rings. The van der Waals surface area contributed by atoms with Crippen molar-refractivity contribution < 1.29 is 24.6 Å². The molecule has 0 aliphatic heterocycles. The molecular formula is C16H23ClN2O5. The fourth-order valence-electron chi connectivity index (χ4n) is 1.61. The molecule has 1 aromatic carbocycles. The summed E-state index contributed by atoms with van der Waals surface area (Å²) in [5, 5.41) is 18.2. The van der Waals surface area contributed by atoms with Crippen LogP contribution in [-0.4, -0.2) is 53.1 Å². The number of nitrogens with one attached hydrogen (secondary N) is 1. The van der Waals surface area contributed by atoms with Crippen molar-refractivity contribution >= 4 is 35.1 Å². The summed E-state index contributed by atoms with van der Waals surface area (Å²) in [6, 6.07) is 7.27. The molecule has 1 rings (SSSR count). The Kier molecular flexibility index (Phi) is 11.2. The molecule has 0 saturated carbocycles. The van der Waals surface area contributed by atoms with Crippen LogP contribution in [0.3, 0.4) is 0 Å². The number of hydrogen-bond acceptors (Lipinski definition) is 4. The van der Waals surface area contributed by atoms with Crippen molar-refractivity contribution in [2.45, 2.75) is 26.2 Å². The SMILES string of the molecule is CCCCN(C)CCC(=O)Nc1ccccc1Cl.O=C(O)C(=O)O.